The predicted octanol–water partition coefficient (Wildman–Crippen LogP) is 10.8. The van der Waals surface area contributed by atoms with Gasteiger partial charge in [-0.3, -0.25) is 14.4 Å². The minimum atomic E-state index is -0.313. The summed E-state index contributed by atoms with van der Waals surface area (Å²) >= 11 is 0. The lowest BCUT2D eigenvalue weighted by molar-refractivity contribution is -0.129. The van der Waals surface area contributed by atoms with Crippen molar-refractivity contribution in [2.24, 2.45) is 5.92 Å². The number of hydrogen-bond acceptors (Lipinski definition) is 6. The molecule has 0 aromatic heterocycles. The molecule has 0 aliphatic heterocycles. The molecule has 0 bridgehead atoms. The number of ether oxygens (including phenoxy) is 3. The number of ketones is 1. The summed E-state index contributed by atoms with van der Waals surface area (Å²) < 4.78 is 16.3. The van der Waals surface area contributed by atoms with Gasteiger partial charge in [-0.1, -0.05) is 149 Å². The van der Waals surface area contributed by atoms with Crippen LogP contribution in [0.2, 0.25) is 0 Å². The molecular weight excluding hydrogens is 652 g/mol. The van der Waals surface area contributed by atoms with E-state index in [4.69, 9.17) is 14.2 Å². The number of carbonyl (C=O) groups is 3. The van der Waals surface area contributed by atoms with Crippen LogP contribution >= 0.6 is 0 Å². The summed E-state index contributed by atoms with van der Waals surface area (Å²) in [6.07, 6.45) is 32.4. The monoisotopic (exact) mass is 739 g/mol. The molecule has 52 heavy (non-hydrogen) atoms. The highest BCUT2D eigenvalue weighted by Crippen LogP contribution is 2.18. The standard InChI is InChI=1S/C44H86N2O6/c1-4-7-9-11-13-15-17-19-21-23-25-31-42(47)40-41(44(49)46-34-29-35-51-38-39-52-37-36-50-6-3)30-27-28-33-45-43(48)32-26-24-22-20-18-16-14-12-10-8-5-2/h41H,4-40H2,1-3H3,(H,45,48)(H,46,49)/t41-/m0/s1. The summed E-state index contributed by atoms with van der Waals surface area (Å²) in [5.74, 6) is -0.0188. The van der Waals surface area contributed by atoms with Gasteiger partial charge in [-0.2, -0.15) is 0 Å². The van der Waals surface area contributed by atoms with Crippen molar-refractivity contribution in [3.63, 3.8) is 0 Å². The van der Waals surface area contributed by atoms with Crippen molar-refractivity contribution in [1.82, 2.24) is 10.6 Å². The quantitative estimate of drug-likeness (QED) is 0.0604. The van der Waals surface area contributed by atoms with Crippen LogP contribution in [0.15, 0.2) is 0 Å². The van der Waals surface area contributed by atoms with Gasteiger partial charge in [-0.05, 0) is 39.0 Å². The number of carbonyl (C=O) groups excluding carboxylic acids is 3. The molecule has 8 heteroatoms. The second-order valence-electron chi connectivity index (χ2n) is 14.9. The van der Waals surface area contributed by atoms with Crippen molar-refractivity contribution < 1.29 is 28.6 Å². The maximum Gasteiger partial charge on any atom is 0.223 e. The maximum atomic E-state index is 13.1. The largest absolute Gasteiger partial charge is 0.379 e. The molecule has 0 radical (unpaired) electrons. The van der Waals surface area contributed by atoms with Crippen molar-refractivity contribution in [2.45, 2.75) is 207 Å². The highest BCUT2D eigenvalue weighted by atomic mass is 16.5. The summed E-state index contributed by atoms with van der Waals surface area (Å²) in [5, 5.41) is 6.12. The number of Topliss-reactive ketones (excluding diaryl/α,β-unsaturated/α-hetero) is 1. The van der Waals surface area contributed by atoms with E-state index in [-0.39, 0.29) is 23.5 Å². The first-order chi connectivity index (χ1) is 25.5. The van der Waals surface area contributed by atoms with Gasteiger partial charge in [-0.25, -0.2) is 0 Å². The number of unbranched alkanes of at least 4 members (excludes halogenated alkanes) is 21. The molecule has 1 atom stereocenters. The van der Waals surface area contributed by atoms with E-state index in [0.29, 0.717) is 78.4 Å². The third kappa shape index (κ3) is 38.2. The Morgan fingerprint density at radius 2 is 0.885 bits per heavy atom. The fourth-order valence-corrected chi connectivity index (χ4v) is 6.59. The molecule has 8 nitrogen and oxygen atoms in total. The van der Waals surface area contributed by atoms with Gasteiger partial charge >= 0.3 is 0 Å². The Labute approximate surface area is 321 Å². The van der Waals surface area contributed by atoms with E-state index in [2.05, 4.69) is 24.5 Å². The van der Waals surface area contributed by atoms with Gasteiger partial charge in [0.1, 0.15) is 5.78 Å². The van der Waals surface area contributed by atoms with Crippen LogP contribution in [0.5, 0.6) is 0 Å². The van der Waals surface area contributed by atoms with E-state index < -0.39 is 0 Å². The second-order valence-corrected chi connectivity index (χ2v) is 14.9. The molecule has 0 aliphatic carbocycles. The second kappa shape index (κ2) is 42.2. The minimum Gasteiger partial charge on any atom is -0.379 e. The van der Waals surface area contributed by atoms with E-state index in [1.165, 1.54) is 116 Å². The molecule has 308 valence electrons. The summed E-state index contributed by atoms with van der Waals surface area (Å²) in [4.78, 5) is 38.4. The van der Waals surface area contributed by atoms with E-state index in [1.807, 2.05) is 6.92 Å². The molecule has 2 amide bonds. The highest BCUT2D eigenvalue weighted by Gasteiger charge is 2.21. The van der Waals surface area contributed by atoms with Crippen molar-refractivity contribution >= 4 is 17.6 Å². The van der Waals surface area contributed by atoms with E-state index in [0.717, 1.165) is 44.9 Å². The molecule has 0 rings (SSSR count). The molecular formula is C44H86N2O6. The molecule has 0 aromatic rings. The Balaban J connectivity index is 4.28. The minimum absolute atomic E-state index is 0.0351. The van der Waals surface area contributed by atoms with Gasteiger partial charge < -0.3 is 24.8 Å². The van der Waals surface area contributed by atoms with Gasteiger partial charge in [-0.15, -0.1) is 0 Å². The van der Waals surface area contributed by atoms with Crippen LogP contribution < -0.4 is 10.6 Å². The molecule has 0 heterocycles. The first-order valence-electron chi connectivity index (χ1n) is 22.3. The average Bonchev–Trinajstić information content (AvgIpc) is 3.14. The maximum absolute atomic E-state index is 13.1. The SMILES string of the molecule is CCCCCCCCCCCCCC(=O)C[C@H](CCCCNC(=O)CCCCCCCCCCCCC)C(=O)NCCCOCCOCCOCC. The highest BCUT2D eigenvalue weighted by molar-refractivity contribution is 5.86. The van der Waals surface area contributed by atoms with Crippen LogP contribution in [-0.4, -0.2) is 70.3 Å². The lowest BCUT2D eigenvalue weighted by atomic mass is 9.93. The first kappa shape index (κ1) is 50.5. The number of rotatable bonds is 43. The molecule has 0 unspecified atom stereocenters. The normalized spacial score (nSPS) is 11.9. The Kier molecular flexibility index (Phi) is 41.0. The van der Waals surface area contributed by atoms with Gasteiger partial charge in [0.2, 0.25) is 11.8 Å². The fraction of sp³-hybridized carbons (Fsp3) is 0.932. The molecule has 2 N–H and O–H groups in total. The zero-order chi connectivity index (χ0) is 38.0. The van der Waals surface area contributed by atoms with E-state index >= 15 is 0 Å². The van der Waals surface area contributed by atoms with E-state index in [9.17, 15) is 14.4 Å². The van der Waals surface area contributed by atoms with Crippen LogP contribution in [0.25, 0.3) is 0 Å². The van der Waals surface area contributed by atoms with Crippen LogP contribution in [0.4, 0.5) is 0 Å². The zero-order valence-corrected chi connectivity index (χ0v) is 34.7. The fourth-order valence-electron chi connectivity index (χ4n) is 6.59. The Hall–Kier alpha value is -1.51. The average molecular weight is 739 g/mol. The smallest absolute Gasteiger partial charge is 0.223 e. The Bertz CT molecular complexity index is 780. The van der Waals surface area contributed by atoms with Crippen LogP contribution in [-0.2, 0) is 28.6 Å². The summed E-state index contributed by atoms with van der Waals surface area (Å²) in [7, 11) is 0. The molecule has 0 saturated carbocycles. The number of amides is 2. The van der Waals surface area contributed by atoms with E-state index in [1.54, 1.807) is 0 Å². The summed E-state index contributed by atoms with van der Waals surface area (Å²) in [5.41, 5.74) is 0. The summed E-state index contributed by atoms with van der Waals surface area (Å²) in [6, 6.07) is 0. The molecule has 0 aromatic carbocycles. The van der Waals surface area contributed by atoms with Crippen molar-refractivity contribution in [3.8, 4) is 0 Å². The third-order valence-corrected chi connectivity index (χ3v) is 9.93. The van der Waals surface area contributed by atoms with Crippen LogP contribution in [0.1, 0.15) is 207 Å². The van der Waals surface area contributed by atoms with Gasteiger partial charge in [0.05, 0.1) is 26.4 Å². The Morgan fingerprint density at radius 3 is 1.40 bits per heavy atom. The molecule has 0 saturated heterocycles. The van der Waals surface area contributed by atoms with Crippen molar-refractivity contribution in [2.75, 3.05) is 52.7 Å². The zero-order valence-electron chi connectivity index (χ0n) is 34.7. The summed E-state index contributed by atoms with van der Waals surface area (Å²) in [6.45, 7) is 11.1. The van der Waals surface area contributed by atoms with Crippen LogP contribution in [0, 0.1) is 5.92 Å². The number of hydrogen-bond donors (Lipinski definition) is 2. The first-order valence-corrected chi connectivity index (χ1v) is 22.3. The van der Waals surface area contributed by atoms with Crippen molar-refractivity contribution in [3.05, 3.63) is 0 Å². The molecule has 0 aliphatic rings. The van der Waals surface area contributed by atoms with Gasteiger partial charge in [0, 0.05) is 51.5 Å². The topological polar surface area (TPSA) is 103 Å². The molecule has 0 spiro atoms. The molecule has 0 fully saturated rings. The Morgan fingerprint density at radius 1 is 0.442 bits per heavy atom. The lowest BCUT2D eigenvalue weighted by Crippen LogP contribution is -2.33. The number of nitrogens with one attached hydrogen (secondary N) is 2. The van der Waals surface area contributed by atoms with Crippen LogP contribution in [0.3, 0.4) is 0 Å². The third-order valence-electron chi connectivity index (χ3n) is 9.93. The van der Waals surface area contributed by atoms with Crippen molar-refractivity contribution in [1.29, 1.82) is 0 Å². The lowest BCUT2D eigenvalue weighted by Gasteiger charge is -2.17. The van der Waals surface area contributed by atoms with Gasteiger partial charge in [0.15, 0.2) is 0 Å². The van der Waals surface area contributed by atoms with Gasteiger partial charge in [0.25, 0.3) is 0 Å². The predicted molar refractivity (Wildman–Crippen MR) is 218 cm³/mol.